The van der Waals surface area contributed by atoms with Gasteiger partial charge in [-0.15, -0.1) is 0 Å². The second kappa shape index (κ2) is 8.14. The molecular formula is C17H21N3O4. The van der Waals surface area contributed by atoms with Crippen LogP contribution in [-0.4, -0.2) is 35.1 Å². The van der Waals surface area contributed by atoms with Gasteiger partial charge < -0.3 is 21.1 Å². The van der Waals surface area contributed by atoms with Crippen LogP contribution >= 0.6 is 0 Å². The van der Waals surface area contributed by atoms with E-state index in [1.807, 2.05) is 0 Å². The van der Waals surface area contributed by atoms with Crippen LogP contribution < -0.4 is 16.0 Å². The average molecular weight is 331 g/mol. The molecule has 3 amide bonds. The summed E-state index contributed by atoms with van der Waals surface area (Å²) in [5.41, 5.74) is 0.757. The second-order valence-electron chi connectivity index (χ2n) is 5.62. The molecule has 0 aromatic heterocycles. The maximum absolute atomic E-state index is 12.2. The number of anilines is 1. The minimum atomic E-state index is -1.10. The van der Waals surface area contributed by atoms with Gasteiger partial charge in [-0.1, -0.05) is 18.2 Å². The largest absolute Gasteiger partial charge is 0.480 e. The second-order valence-corrected chi connectivity index (χ2v) is 5.62. The number of allylic oxidation sites excluding steroid dienone is 1. The van der Waals surface area contributed by atoms with Crippen molar-refractivity contribution in [3.63, 3.8) is 0 Å². The monoisotopic (exact) mass is 331 g/mol. The predicted octanol–water partition coefficient (Wildman–Crippen LogP) is 2.12. The van der Waals surface area contributed by atoms with Gasteiger partial charge in [0.2, 0.25) is 0 Å². The molecule has 1 fully saturated rings. The van der Waals surface area contributed by atoms with Gasteiger partial charge >= 0.3 is 12.0 Å². The van der Waals surface area contributed by atoms with Crippen molar-refractivity contribution in [2.75, 3.05) is 5.32 Å². The van der Waals surface area contributed by atoms with Gasteiger partial charge in [-0.05, 0) is 44.4 Å². The van der Waals surface area contributed by atoms with Crippen LogP contribution in [0.1, 0.15) is 36.5 Å². The number of aliphatic carboxylic acids is 1. The van der Waals surface area contributed by atoms with Gasteiger partial charge in [0.15, 0.2) is 0 Å². The van der Waals surface area contributed by atoms with Crippen molar-refractivity contribution in [3.8, 4) is 0 Å². The zero-order valence-corrected chi connectivity index (χ0v) is 13.4. The Hall–Kier alpha value is -2.83. The van der Waals surface area contributed by atoms with Crippen LogP contribution in [0.15, 0.2) is 36.4 Å². The number of rotatable bonds is 7. The zero-order chi connectivity index (χ0) is 17.5. The maximum Gasteiger partial charge on any atom is 0.326 e. The molecule has 1 atom stereocenters. The van der Waals surface area contributed by atoms with E-state index in [4.69, 9.17) is 5.11 Å². The molecule has 0 spiro atoms. The summed E-state index contributed by atoms with van der Waals surface area (Å²) in [6.07, 6.45) is 5.58. The average Bonchev–Trinajstić information content (AvgIpc) is 3.34. The number of carboxylic acids is 1. The summed E-state index contributed by atoms with van der Waals surface area (Å²) in [5.74, 6) is -1.60. The molecule has 1 aliphatic rings. The first-order valence-corrected chi connectivity index (χ1v) is 7.82. The summed E-state index contributed by atoms with van der Waals surface area (Å²) in [4.78, 5) is 35.1. The normalized spacial score (nSPS) is 14.9. The lowest BCUT2D eigenvalue weighted by Gasteiger charge is -2.13. The Labute approximate surface area is 140 Å². The van der Waals surface area contributed by atoms with Crippen LogP contribution in [0.5, 0.6) is 0 Å². The van der Waals surface area contributed by atoms with E-state index < -0.39 is 17.9 Å². The molecule has 1 aliphatic carbocycles. The molecule has 1 aromatic carbocycles. The van der Waals surface area contributed by atoms with Gasteiger partial charge in [-0.2, -0.15) is 0 Å². The van der Waals surface area contributed by atoms with Crippen LogP contribution in [-0.2, 0) is 4.79 Å². The summed E-state index contributed by atoms with van der Waals surface area (Å²) in [6, 6.07) is 5.29. The molecule has 7 heteroatoms. The van der Waals surface area contributed by atoms with Crippen LogP contribution in [0.4, 0.5) is 10.5 Å². The standard InChI is InChI=1S/C17H21N3O4/c1-2-3-7-14(16(22)23)20-15(21)11-5-4-6-13(10-11)19-17(24)18-12-8-9-12/h2-6,10,12,14H,7-9H2,1H3,(H,20,21)(H,22,23)(H2,18,19,24)/b3-2+. The topological polar surface area (TPSA) is 108 Å². The van der Waals surface area contributed by atoms with Gasteiger partial charge in [0.25, 0.3) is 5.91 Å². The van der Waals surface area contributed by atoms with Crippen LogP contribution in [0, 0.1) is 0 Å². The van der Waals surface area contributed by atoms with E-state index in [-0.39, 0.29) is 24.1 Å². The Balaban J connectivity index is 1.99. The summed E-state index contributed by atoms with van der Waals surface area (Å²) < 4.78 is 0. The first-order valence-electron chi connectivity index (χ1n) is 7.82. The number of nitrogens with one attached hydrogen (secondary N) is 3. The van der Waals surface area contributed by atoms with E-state index in [2.05, 4.69) is 16.0 Å². The Kier molecular flexibility index (Phi) is 5.95. The third-order valence-electron chi connectivity index (χ3n) is 3.51. The van der Waals surface area contributed by atoms with Crippen molar-refractivity contribution in [1.29, 1.82) is 0 Å². The lowest BCUT2D eigenvalue weighted by atomic mass is 10.1. The maximum atomic E-state index is 12.2. The van der Waals surface area contributed by atoms with E-state index in [1.54, 1.807) is 37.3 Å². The van der Waals surface area contributed by atoms with Crippen molar-refractivity contribution in [1.82, 2.24) is 10.6 Å². The number of carbonyl (C=O) groups excluding carboxylic acids is 2. The van der Waals surface area contributed by atoms with Crippen LogP contribution in [0.25, 0.3) is 0 Å². The number of benzene rings is 1. The van der Waals surface area contributed by atoms with Gasteiger partial charge in [-0.3, -0.25) is 4.79 Å². The van der Waals surface area contributed by atoms with Crippen LogP contribution in [0.2, 0.25) is 0 Å². The van der Waals surface area contributed by atoms with Crippen molar-refractivity contribution >= 4 is 23.6 Å². The molecule has 7 nitrogen and oxygen atoms in total. The smallest absolute Gasteiger partial charge is 0.326 e. The summed E-state index contributed by atoms with van der Waals surface area (Å²) in [6.45, 7) is 1.78. The molecule has 1 unspecified atom stereocenters. The number of carbonyl (C=O) groups is 3. The molecular weight excluding hydrogens is 310 g/mol. The lowest BCUT2D eigenvalue weighted by Crippen LogP contribution is -2.40. The highest BCUT2D eigenvalue weighted by molar-refractivity contribution is 5.98. The van der Waals surface area contributed by atoms with Crippen LogP contribution in [0.3, 0.4) is 0 Å². The zero-order valence-electron chi connectivity index (χ0n) is 13.4. The molecule has 1 aromatic rings. The quantitative estimate of drug-likeness (QED) is 0.574. The SMILES string of the molecule is C/C=C/CC(NC(=O)c1cccc(NC(=O)NC2CC2)c1)C(=O)O. The Morgan fingerprint density at radius 3 is 2.71 bits per heavy atom. The molecule has 128 valence electrons. The van der Waals surface area contributed by atoms with Gasteiger partial charge in [-0.25, -0.2) is 9.59 Å². The number of urea groups is 1. The molecule has 0 radical (unpaired) electrons. The van der Waals surface area contributed by atoms with Crippen molar-refractivity contribution in [2.24, 2.45) is 0 Å². The van der Waals surface area contributed by atoms with E-state index in [9.17, 15) is 14.4 Å². The fourth-order valence-corrected chi connectivity index (χ4v) is 2.05. The van der Waals surface area contributed by atoms with Crippen molar-refractivity contribution in [3.05, 3.63) is 42.0 Å². The molecule has 2 rings (SSSR count). The third kappa shape index (κ3) is 5.42. The van der Waals surface area contributed by atoms with Gasteiger partial charge in [0, 0.05) is 17.3 Å². The first kappa shape index (κ1) is 17.5. The number of hydrogen-bond donors (Lipinski definition) is 4. The molecule has 24 heavy (non-hydrogen) atoms. The van der Waals surface area contributed by atoms with Gasteiger partial charge in [0.1, 0.15) is 6.04 Å². The fourth-order valence-electron chi connectivity index (χ4n) is 2.05. The number of carboxylic acid groups (broad SMARTS) is 1. The third-order valence-corrected chi connectivity index (χ3v) is 3.51. The predicted molar refractivity (Wildman–Crippen MR) is 89.9 cm³/mol. The van der Waals surface area contributed by atoms with E-state index in [0.29, 0.717) is 5.69 Å². The lowest BCUT2D eigenvalue weighted by molar-refractivity contribution is -0.139. The summed E-state index contributed by atoms with van der Waals surface area (Å²) in [7, 11) is 0. The summed E-state index contributed by atoms with van der Waals surface area (Å²) >= 11 is 0. The highest BCUT2D eigenvalue weighted by atomic mass is 16.4. The number of amides is 3. The highest BCUT2D eigenvalue weighted by Gasteiger charge is 2.23. The minimum absolute atomic E-state index is 0.208. The Morgan fingerprint density at radius 1 is 1.33 bits per heavy atom. The van der Waals surface area contributed by atoms with E-state index >= 15 is 0 Å². The highest BCUT2D eigenvalue weighted by Crippen LogP contribution is 2.19. The molecule has 0 aliphatic heterocycles. The Bertz CT molecular complexity index is 653. The first-order chi connectivity index (χ1) is 11.5. The summed E-state index contributed by atoms with van der Waals surface area (Å²) in [5, 5.41) is 17.1. The van der Waals surface area contributed by atoms with Crippen molar-refractivity contribution in [2.45, 2.75) is 38.3 Å². The molecule has 0 heterocycles. The van der Waals surface area contributed by atoms with E-state index in [1.165, 1.54) is 6.07 Å². The molecule has 4 N–H and O–H groups in total. The Morgan fingerprint density at radius 2 is 2.08 bits per heavy atom. The van der Waals surface area contributed by atoms with E-state index in [0.717, 1.165) is 12.8 Å². The van der Waals surface area contributed by atoms with Gasteiger partial charge in [0.05, 0.1) is 0 Å². The fraction of sp³-hybridized carbons (Fsp3) is 0.353. The minimum Gasteiger partial charge on any atom is -0.480 e. The molecule has 1 saturated carbocycles. The molecule has 0 saturated heterocycles. The van der Waals surface area contributed by atoms with Crippen molar-refractivity contribution < 1.29 is 19.5 Å². The molecule has 0 bridgehead atoms. The number of hydrogen-bond acceptors (Lipinski definition) is 3.